The van der Waals surface area contributed by atoms with E-state index in [1.807, 2.05) is 43.3 Å². The summed E-state index contributed by atoms with van der Waals surface area (Å²) in [5.41, 5.74) is 3.59. The molecule has 0 spiro atoms. The van der Waals surface area contributed by atoms with Crippen molar-refractivity contribution in [3.8, 4) is 0 Å². The van der Waals surface area contributed by atoms with E-state index < -0.39 is 0 Å². The lowest BCUT2D eigenvalue weighted by Gasteiger charge is -2.14. The molecular formula is C19H20N2O2S. The summed E-state index contributed by atoms with van der Waals surface area (Å²) in [6, 6.07) is 11.7. The molecule has 0 unspecified atom stereocenters. The van der Waals surface area contributed by atoms with Crippen molar-refractivity contribution >= 4 is 23.5 Å². The number of carbonyl (C=O) groups is 2. The Morgan fingerprint density at radius 1 is 1.21 bits per heavy atom. The lowest BCUT2D eigenvalue weighted by atomic mass is 9.94. The summed E-state index contributed by atoms with van der Waals surface area (Å²) in [5, 5.41) is 2.90. The maximum atomic E-state index is 12.0. The molecule has 2 aromatic rings. The fourth-order valence-corrected chi connectivity index (χ4v) is 3.60. The normalized spacial score (nSPS) is 13.5. The molecule has 0 bridgehead atoms. The SMILES string of the molecule is Cc1ccccc1SCC(=O)NCc1ccc2c(n1)CCCC2=O. The van der Waals surface area contributed by atoms with Crippen LogP contribution in [0.15, 0.2) is 41.3 Å². The summed E-state index contributed by atoms with van der Waals surface area (Å²) in [7, 11) is 0. The molecule has 0 atom stereocenters. The molecule has 1 N–H and O–H groups in total. The highest BCUT2D eigenvalue weighted by molar-refractivity contribution is 8.00. The topological polar surface area (TPSA) is 59.1 Å². The van der Waals surface area contributed by atoms with Crippen LogP contribution < -0.4 is 5.32 Å². The molecule has 0 saturated heterocycles. The van der Waals surface area contributed by atoms with Gasteiger partial charge in [0.05, 0.1) is 23.7 Å². The number of ketones is 1. The van der Waals surface area contributed by atoms with Crippen LogP contribution in [0.2, 0.25) is 0 Å². The molecule has 0 fully saturated rings. The Kier molecular flexibility index (Phi) is 5.30. The summed E-state index contributed by atoms with van der Waals surface area (Å²) in [5.74, 6) is 0.543. The smallest absolute Gasteiger partial charge is 0.230 e. The molecule has 1 aromatic heterocycles. The molecule has 0 aliphatic heterocycles. The van der Waals surface area contributed by atoms with Gasteiger partial charge in [0, 0.05) is 16.9 Å². The van der Waals surface area contributed by atoms with E-state index in [-0.39, 0.29) is 11.7 Å². The van der Waals surface area contributed by atoms with Crippen LogP contribution in [-0.4, -0.2) is 22.4 Å². The van der Waals surface area contributed by atoms with Gasteiger partial charge in [-0.25, -0.2) is 0 Å². The zero-order valence-electron chi connectivity index (χ0n) is 13.7. The summed E-state index contributed by atoms with van der Waals surface area (Å²) in [6.45, 7) is 2.44. The number of amides is 1. The Labute approximate surface area is 146 Å². The predicted octanol–water partition coefficient (Wildman–Crippen LogP) is 3.32. The fraction of sp³-hybridized carbons (Fsp3) is 0.316. The number of hydrogen-bond acceptors (Lipinski definition) is 4. The lowest BCUT2D eigenvalue weighted by Crippen LogP contribution is -2.25. The average molecular weight is 340 g/mol. The fourth-order valence-electron chi connectivity index (χ4n) is 2.74. The van der Waals surface area contributed by atoms with Crippen LogP contribution in [0.1, 0.15) is 40.2 Å². The third kappa shape index (κ3) is 4.03. The number of thioether (sulfide) groups is 1. The van der Waals surface area contributed by atoms with E-state index in [0.717, 1.165) is 34.7 Å². The number of Topliss-reactive ketones (excluding diaryl/α,β-unsaturated/α-hetero) is 1. The zero-order chi connectivity index (χ0) is 16.9. The van der Waals surface area contributed by atoms with E-state index in [0.29, 0.717) is 18.7 Å². The highest BCUT2D eigenvalue weighted by Gasteiger charge is 2.18. The van der Waals surface area contributed by atoms with Crippen LogP contribution >= 0.6 is 11.8 Å². The summed E-state index contributed by atoms with van der Waals surface area (Å²) in [6.07, 6.45) is 2.31. The summed E-state index contributed by atoms with van der Waals surface area (Å²) >= 11 is 1.54. The molecule has 124 valence electrons. The quantitative estimate of drug-likeness (QED) is 0.848. The molecule has 5 heteroatoms. The van der Waals surface area contributed by atoms with Crippen molar-refractivity contribution in [1.29, 1.82) is 0 Å². The molecule has 0 radical (unpaired) electrons. The van der Waals surface area contributed by atoms with E-state index in [1.165, 1.54) is 17.3 Å². The average Bonchev–Trinajstić information content (AvgIpc) is 2.59. The van der Waals surface area contributed by atoms with E-state index in [1.54, 1.807) is 0 Å². The van der Waals surface area contributed by atoms with E-state index in [4.69, 9.17) is 0 Å². The van der Waals surface area contributed by atoms with Gasteiger partial charge in [-0.3, -0.25) is 14.6 Å². The number of nitrogens with one attached hydrogen (secondary N) is 1. The number of fused-ring (bicyclic) bond motifs is 1. The standard InChI is InChI=1S/C19H20N2O2S/c1-13-5-2-3-8-18(13)24-12-19(23)20-11-14-9-10-15-16(21-14)6-4-7-17(15)22/h2-3,5,8-10H,4,6-7,11-12H2,1H3,(H,20,23). The van der Waals surface area contributed by atoms with Crippen LogP contribution in [0.4, 0.5) is 0 Å². The molecule has 1 aliphatic carbocycles. The number of aromatic nitrogens is 1. The number of benzene rings is 1. The third-order valence-electron chi connectivity index (χ3n) is 4.07. The second-order valence-corrected chi connectivity index (χ2v) is 6.92. The number of carbonyl (C=O) groups excluding carboxylic acids is 2. The van der Waals surface area contributed by atoms with E-state index in [2.05, 4.69) is 10.3 Å². The Balaban J connectivity index is 1.53. The van der Waals surface area contributed by atoms with Crippen LogP contribution in [0.25, 0.3) is 0 Å². The Morgan fingerprint density at radius 3 is 2.88 bits per heavy atom. The van der Waals surface area contributed by atoms with Crippen molar-refractivity contribution in [2.45, 2.75) is 37.6 Å². The van der Waals surface area contributed by atoms with Crippen molar-refractivity contribution in [1.82, 2.24) is 10.3 Å². The largest absolute Gasteiger partial charge is 0.350 e. The van der Waals surface area contributed by atoms with Crippen molar-refractivity contribution in [3.05, 3.63) is 58.9 Å². The minimum atomic E-state index is -0.0150. The lowest BCUT2D eigenvalue weighted by molar-refractivity contribution is -0.118. The molecule has 3 rings (SSSR count). The van der Waals surface area contributed by atoms with Crippen molar-refractivity contribution in [3.63, 3.8) is 0 Å². The number of rotatable bonds is 5. The molecule has 1 aliphatic rings. The second-order valence-electron chi connectivity index (χ2n) is 5.90. The maximum Gasteiger partial charge on any atom is 0.230 e. The van der Waals surface area contributed by atoms with Crippen LogP contribution in [0.3, 0.4) is 0 Å². The maximum absolute atomic E-state index is 12.0. The van der Waals surface area contributed by atoms with Gasteiger partial charge in [0.25, 0.3) is 0 Å². The number of pyridine rings is 1. The highest BCUT2D eigenvalue weighted by Crippen LogP contribution is 2.22. The minimum absolute atomic E-state index is 0.0150. The molecule has 4 nitrogen and oxygen atoms in total. The highest BCUT2D eigenvalue weighted by atomic mass is 32.2. The first-order valence-corrected chi connectivity index (χ1v) is 9.09. The summed E-state index contributed by atoms with van der Waals surface area (Å²) in [4.78, 5) is 29.5. The van der Waals surface area contributed by atoms with Gasteiger partial charge in [-0.15, -0.1) is 11.8 Å². The zero-order valence-corrected chi connectivity index (χ0v) is 14.5. The molecule has 1 heterocycles. The first kappa shape index (κ1) is 16.7. The van der Waals surface area contributed by atoms with Gasteiger partial charge < -0.3 is 5.32 Å². The number of hydrogen-bond donors (Lipinski definition) is 1. The molecule has 24 heavy (non-hydrogen) atoms. The van der Waals surface area contributed by atoms with Gasteiger partial charge in [0.15, 0.2) is 5.78 Å². The Morgan fingerprint density at radius 2 is 2.04 bits per heavy atom. The van der Waals surface area contributed by atoms with Crippen LogP contribution in [0.5, 0.6) is 0 Å². The number of nitrogens with zero attached hydrogens (tertiary/aromatic N) is 1. The van der Waals surface area contributed by atoms with Gasteiger partial charge in [0.1, 0.15) is 0 Å². The Hall–Kier alpha value is -2.14. The van der Waals surface area contributed by atoms with Crippen LogP contribution in [-0.2, 0) is 17.8 Å². The van der Waals surface area contributed by atoms with Crippen molar-refractivity contribution < 1.29 is 9.59 Å². The van der Waals surface area contributed by atoms with Gasteiger partial charge in [0.2, 0.25) is 5.91 Å². The molecular weight excluding hydrogens is 320 g/mol. The van der Waals surface area contributed by atoms with Gasteiger partial charge in [-0.05, 0) is 43.5 Å². The third-order valence-corrected chi connectivity index (χ3v) is 5.24. The Bertz CT molecular complexity index is 774. The van der Waals surface area contributed by atoms with Gasteiger partial charge in [-0.2, -0.15) is 0 Å². The number of aryl methyl sites for hydroxylation is 2. The van der Waals surface area contributed by atoms with E-state index >= 15 is 0 Å². The second kappa shape index (κ2) is 7.62. The summed E-state index contributed by atoms with van der Waals surface area (Å²) < 4.78 is 0. The van der Waals surface area contributed by atoms with Crippen LogP contribution in [0, 0.1) is 6.92 Å². The first-order valence-electron chi connectivity index (χ1n) is 8.10. The minimum Gasteiger partial charge on any atom is -0.350 e. The van der Waals surface area contributed by atoms with Gasteiger partial charge in [-0.1, -0.05) is 18.2 Å². The molecule has 1 aromatic carbocycles. The molecule has 0 saturated carbocycles. The van der Waals surface area contributed by atoms with Crippen molar-refractivity contribution in [2.24, 2.45) is 0 Å². The monoisotopic (exact) mass is 340 g/mol. The van der Waals surface area contributed by atoms with E-state index in [9.17, 15) is 9.59 Å². The first-order chi connectivity index (χ1) is 11.6. The van der Waals surface area contributed by atoms with Crippen molar-refractivity contribution in [2.75, 3.05) is 5.75 Å². The van der Waals surface area contributed by atoms with Gasteiger partial charge >= 0.3 is 0 Å². The molecule has 1 amide bonds. The predicted molar refractivity (Wildman–Crippen MR) is 95.3 cm³/mol.